The molecule has 0 aliphatic carbocycles. The molecule has 0 radical (unpaired) electrons. The quantitative estimate of drug-likeness (QED) is 0.721. The van der Waals surface area contributed by atoms with Crippen molar-refractivity contribution in [1.82, 2.24) is 25.0 Å². The summed E-state index contributed by atoms with van der Waals surface area (Å²) >= 11 is 9.34. The fraction of sp³-hybridized carbons (Fsp3) is 0. The van der Waals surface area contributed by atoms with E-state index < -0.39 is 0 Å². The normalized spacial score (nSPS) is 10.6. The largest absolute Gasteiger partial charge is 0.245 e. The Kier molecular flexibility index (Phi) is 3.27. The van der Waals surface area contributed by atoms with Crippen molar-refractivity contribution in [3.8, 4) is 16.9 Å². The van der Waals surface area contributed by atoms with Crippen LogP contribution in [0.4, 0.5) is 0 Å². The highest BCUT2D eigenvalue weighted by Crippen LogP contribution is 2.28. The van der Waals surface area contributed by atoms with Gasteiger partial charge >= 0.3 is 0 Å². The summed E-state index contributed by atoms with van der Waals surface area (Å²) in [5.41, 5.74) is 2.49. The molecule has 0 N–H and O–H groups in total. The molecule has 3 aromatic rings. The minimum absolute atomic E-state index is 0.636. The third-order valence-corrected chi connectivity index (χ3v) is 3.13. The molecule has 0 spiro atoms. The van der Waals surface area contributed by atoms with Crippen molar-refractivity contribution in [3.63, 3.8) is 0 Å². The van der Waals surface area contributed by atoms with Crippen LogP contribution in [0, 0.1) is 0 Å². The molecule has 0 aliphatic rings. The third-order valence-electron chi connectivity index (χ3n) is 2.53. The maximum absolute atomic E-state index is 6.06. The summed E-state index contributed by atoms with van der Waals surface area (Å²) in [4.78, 5) is 8.15. The van der Waals surface area contributed by atoms with Gasteiger partial charge in [-0.3, -0.25) is 0 Å². The summed E-state index contributed by atoms with van der Waals surface area (Å²) in [7, 11) is 0. The SMILES string of the molecule is Clc1ccc(-n2cc(Br)nn2)c(-c2ccncn2)c1. The molecule has 0 atom stereocenters. The molecule has 0 saturated carbocycles. The van der Waals surface area contributed by atoms with Crippen molar-refractivity contribution in [3.05, 3.63) is 52.6 Å². The van der Waals surface area contributed by atoms with Gasteiger partial charge in [0.05, 0.1) is 17.6 Å². The van der Waals surface area contributed by atoms with Crippen molar-refractivity contribution in [2.75, 3.05) is 0 Å². The number of benzene rings is 1. The van der Waals surface area contributed by atoms with E-state index in [1.807, 2.05) is 18.2 Å². The standard InChI is InChI=1S/C12H7BrClN5/c13-12-6-19(18-17-12)11-2-1-8(14)5-9(11)10-3-4-15-7-16-10/h1-7H. The molecule has 0 amide bonds. The van der Waals surface area contributed by atoms with Gasteiger partial charge in [0.25, 0.3) is 0 Å². The van der Waals surface area contributed by atoms with Gasteiger partial charge in [-0.25, -0.2) is 14.6 Å². The van der Waals surface area contributed by atoms with Crippen LogP contribution in [0.5, 0.6) is 0 Å². The second kappa shape index (κ2) is 5.07. The van der Waals surface area contributed by atoms with E-state index in [1.165, 1.54) is 6.33 Å². The number of nitrogens with zero attached hydrogens (tertiary/aromatic N) is 5. The Labute approximate surface area is 122 Å². The summed E-state index contributed by atoms with van der Waals surface area (Å²) in [6, 6.07) is 7.34. The summed E-state index contributed by atoms with van der Waals surface area (Å²) in [6.07, 6.45) is 4.95. The zero-order valence-corrected chi connectivity index (χ0v) is 11.9. The zero-order valence-electron chi connectivity index (χ0n) is 9.53. The fourth-order valence-electron chi connectivity index (χ4n) is 1.72. The van der Waals surface area contributed by atoms with Gasteiger partial charge in [-0.1, -0.05) is 16.8 Å². The monoisotopic (exact) mass is 335 g/mol. The van der Waals surface area contributed by atoms with E-state index in [-0.39, 0.29) is 0 Å². The topological polar surface area (TPSA) is 56.5 Å². The fourth-order valence-corrected chi connectivity index (χ4v) is 2.16. The van der Waals surface area contributed by atoms with E-state index in [2.05, 4.69) is 36.2 Å². The minimum atomic E-state index is 0.636. The highest BCUT2D eigenvalue weighted by molar-refractivity contribution is 9.10. The van der Waals surface area contributed by atoms with E-state index >= 15 is 0 Å². The number of aromatic nitrogens is 5. The molecular weight excluding hydrogens is 330 g/mol. The van der Waals surface area contributed by atoms with Gasteiger partial charge in [-0.05, 0) is 40.2 Å². The first-order chi connectivity index (χ1) is 9.24. The van der Waals surface area contributed by atoms with Crippen LogP contribution in [0.1, 0.15) is 0 Å². The smallest absolute Gasteiger partial charge is 0.148 e. The van der Waals surface area contributed by atoms with Gasteiger partial charge in [-0.2, -0.15) is 0 Å². The molecule has 2 aromatic heterocycles. The van der Waals surface area contributed by atoms with Gasteiger partial charge in [0.15, 0.2) is 0 Å². The lowest BCUT2D eigenvalue weighted by Gasteiger charge is -2.08. The van der Waals surface area contributed by atoms with Gasteiger partial charge in [0.2, 0.25) is 0 Å². The van der Waals surface area contributed by atoms with E-state index in [0.717, 1.165) is 16.9 Å². The summed E-state index contributed by atoms with van der Waals surface area (Å²) in [6.45, 7) is 0. The predicted octanol–water partition coefficient (Wildman–Crippen LogP) is 3.14. The lowest BCUT2D eigenvalue weighted by Crippen LogP contribution is -1.99. The average Bonchev–Trinajstić information content (AvgIpc) is 2.86. The summed E-state index contributed by atoms with van der Waals surface area (Å²) in [5, 5.41) is 8.58. The first-order valence-corrected chi connectivity index (χ1v) is 6.55. The Morgan fingerprint density at radius 3 is 2.79 bits per heavy atom. The molecule has 7 heteroatoms. The third kappa shape index (κ3) is 2.50. The van der Waals surface area contributed by atoms with E-state index in [0.29, 0.717) is 9.63 Å². The van der Waals surface area contributed by atoms with Gasteiger partial charge < -0.3 is 0 Å². The highest BCUT2D eigenvalue weighted by Gasteiger charge is 2.10. The first kappa shape index (κ1) is 12.3. The van der Waals surface area contributed by atoms with Crippen LogP contribution in [0.2, 0.25) is 5.02 Å². The average molecular weight is 337 g/mol. The Hall–Kier alpha value is -1.79. The lowest BCUT2D eigenvalue weighted by atomic mass is 10.1. The van der Waals surface area contributed by atoms with E-state index in [1.54, 1.807) is 23.1 Å². The van der Waals surface area contributed by atoms with Crippen molar-refractivity contribution in [2.24, 2.45) is 0 Å². The second-order valence-corrected chi connectivity index (χ2v) is 4.99. The molecule has 2 heterocycles. The zero-order chi connectivity index (χ0) is 13.2. The molecule has 19 heavy (non-hydrogen) atoms. The number of hydrogen-bond acceptors (Lipinski definition) is 4. The molecule has 94 valence electrons. The molecular formula is C12H7BrClN5. The molecule has 0 unspecified atom stereocenters. The molecule has 0 aliphatic heterocycles. The van der Waals surface area contributed by atoms with Gasteiger partial charge in [0.1, 0.15) is 10.9 Å². The van der Waals surface area contributed by atoms with Crippen LogP contribution in [0.25, 0.3) is 16.9 Å². The van der Waals surface area contributed by atoms with Crippen molar-refractivity contribution in [1.29, 1.82) is 0 Å². The van der Waals surface area contributed by atoms with E-state index in [9.17, 15) is 0 Å². The van der Waals surface area contributed by atoms with Crippen LogP contribution in [-0.4, -0.2) is 25.0 Å². The Morgan fingerprint density at radius 2 is 2.11 bits per heavy atom. The van der Waals surface area contributed by atoms with Crippen LogP contribution >= 0.6 is 27.5 Å². The number of rotatable bonds is 2. The maximum atomic E-state index is 6.06. The van der Waals surface area contributed by atoms with E-state index in [4.69, 9.17) is 11.6 Å². The molecule has 0 fully saturated rings. The second-order valence-electron chi connectivity index (χ2n) is 3.74. The first-order valence-electron chi connectivity index (χ1n) is 5.38. The minimum Gasteiger partial charge on any atom is -0.245 e. The van der Waals surface area contributed by atoms with Crippen LogP contribution in [0.15, 0.2) is 47.6 Å². The Bertz CT molecular complexity index is 713. The number of hydrogen-bond donors (Lipinski definition) is 0. The molecule has 0 bridgehead atoms. The highest BCUT2D eigenvalue weighted by atomic mass is 79.9. The van der Waals surface area contributed by atoms with Crippen molar-refractivity contribution < 1.29 is 0 Å². The Balaban J connectivity index is 2.20. The maximum Gasteiger partial charge on any atom is 0.148 e. The van der Waals surface area contributed by atoms with Crippen LogP contribution in [0.3, 0.4) is 0 Å². The Morgan fingerprint density at radius 1 is 1.21 bits per heavy atom. The van der Waals surface area contributed by atoms with Crippen LogP contribution < -0.4 is 0 Å². The van der Waals surface area contributed by atoms with Crippen molar-refractivity contribution in [2.45, 2.75) is 0 Å². The predicted molar refractivity (Wildman–Crippen MR) is 75.1 cm³/mol. The van der Waals surface area contributed by atoms with Gasteiger partial charge in [0, 0.05) is 16.8 Å². The molecule has 1 aromatic carbocycles. The molecule has 0 saturated heterocycles. The molecule has 5 nitrogen and oxygen atoms in total. The summed E-state index contributed by atoms with van der Waals surface area (Å²) < 4.78 is 2.33. The lowest BCUT2D eigenvalue weighted by molar-refractivity contribution is 0.802. The van der Waals surface area contributed by atoms with Gasteiger partial charge in [-0.15, -0.1) is 5.10 Å². The van der Waals surface area contributed by atoms with Crippen LogP contribution in [-0.2, 0) is 0 Å². The summed E-state index contributed by atoms with van der Waals surface area (Å²) in [5.74, 6) is 0. The molecule has 3 rings (SSSR count). The number of halogens is 2. The van der Waals surface area contributed by atoms with Crippen molar-refractivity contribution >= 4 is 27.5 Å².